The number of carbonyl (C=O) groups excluding carboxylic acids is 1. The van der Waals surface area contributed by atoms with Crippen molar-refractivity contribution < 1.29 is 14.6 Å². The molecule has 1 atom stereocenters. The van der Waals surface area contributed by atoms with Gasteiger partial charge in [0.1, 0.15) is 0 Å². The molecule has 122 valence electrons. The summed E-state index contributed by atoms with van der Waals surface area (Å²) in [7, 11) is 0. The molecule has 1 fully saturated rings. The number of ether oxygens (including phenoxy) is 1. The molecule has 0 saturated carbocycles. The van der Waals surface area contributed by atoms with Crippen LogP contribution in [0.5, 0.6) is 0 Å². The quantitative estimate of drug-likeness (QED) is 0.847. The molecule has 0 bridgehead atoms. The fourth-order valence-corrected chi connectivity index (χ4v) is 2.89. The summed E-state index contributed by atoms with van der Waals surface area (Å²) in [4.78, 5) is 13.5. The number of nitrogens with zero attached hydrogens (tertiary/aromatic N) is 1. The van der Waals surface area contributed by atoms with Crippen LogP contribution < -0.4 is 5.32 Å². The topological polar surface area (TPSA) is 61.8 Å². The summed E-state index contributed by atoms with van der Waals surface area (Å²) >= 11 is 0. The third-order valence-corrected chi connectivity index (χ3v) is 4.08. The van der Waals surface area contributed by atoms with E-state index in [1.54, 1.807) is 4.90 Å². The molecule has 1 amide bonds. The van der Waals surface area contributed by atoms with Crippen molar-refractivity contribution in [1.82, 2.24) is 10.2 Å². The van der Waals surface area contributed by atoms with Crippen molar-refractivity contribution in [3.63, 3.8) is 0 Å². The number of amides is 1. The van der Waals surface area contributed by atoms with Gasteiger partial charge in [-0.25, -0.2) is 4.79 Å². The minimum atomic E-state index is -0.212. The van der Waals surface area contributed by atoms with Gasteiger partial charge in [0.15, 0.2) is 0 Å². The summed E-state index contributed by atoms with van der Waals surface area (Å²) in [5.74, 6) is 0. The summed E-state index contributed by atoms with van der Waals surface area (Å²) in [5, 5.41) is 12.9. The third-order valence-electron chi connectivity index (χ3n) is 4.08. The van der Waals surface area contributed by atoms with E-state index in [-0.39, 0.29) is 18.7 Å². The predicted octanol–water partition coefficient (Wildman–Crippen LogP) is 2.32. The molecule has 0 radical (unpaired) electrons. The van der Waals surface area contributed by atoms with Crippen LogP contribution in [-0.2, 0) is 4.74 Å². The lowest BCUT2D eigenvalue weighted by molar-refractivity contribution is 0.0938. The van der Waals surface area contributed by atoms with Crippen molar-refractivity contribution in [2.45, 2.75) is 38.3 Å². The zero-order valence-electron chi connectivity index (χ0n) is 13.2. The molecule has 0 unspecified atom stereocenters. The maximum absolute atomic E-state index is 11.7. The Morgan fingerprint density at radius 2 is 2.05 bits per heavy atom. The standard InChI is InChI=1S/C17H26N2O3/c1-2-22-17(21)19-11-8-15(9-12-19)18-16(10-13-20)14-6-4-3-5-7-14/h3-7,15-16,18,20H,2,8-13H2,1H3/t16-/m1/s1. The molecule has 2 rings (SSSR count). The van der Waals surface area contributed by atoms with Crippen molar-refractivity contribution in [2.24, 2.45) is 0 Å². The van der Waals surface area contributed by atoms with Crippen LogP contribution in [0.2, 0.25) is 0 Å². The van der Waals surface area contributed by atoms with E-state index in [0.717, 1.165) is 25.9 Å². The van der Waals surface area contributed by atoms with Crippen LogP contribution in [0.4, 0.5) is 4.79 Å². The van der Waals surface area contributed by atoms with Gasteiger partial charge in [-0.2, -0.15) is 0 Å². The van der Waals surface area contributed by atoms with E-state index in [1.807, 2.05) is 25.1 Å². The van der Waals surface area contributed by atoms with Crippen LogP contribution in [-0.4, -0.2) is 48.4 Å². The summed E-state index contributed by atoms with van der Waals surface area (Å²) in [5.41, 5.74) is 1.20. The number of rotatable bonds is 6. The van der Waals surface area contributed by atoms with Crippen molar-refractivity contribution in [3.8, 4) is 0 Å². The minimum absolute atomic E-state index is 0.158. The van der Waals surface area contributed by atoms with Gasteiger partial charge >= 0.3 is 6.09 Å². The molecule has 1 aromatic carbocycles. The summed E-state index contributed by atoms with van der Waals surface area (Å²) in [6, 6.07) is 10.7. The van der Waals surface area contributed by atoms with E-state index in [9.17, 15) is 9.90 Å². The molecule has 1 aromatic rings. The fourth-order valence-electron chi connectivity index (χ4n) is 2.89. The first-order chi connectivity index (χ1) is 10.7. The van der Waals surface area contributed by atoms with Crippen LogP contribution in [0.3, 0.4) is 0 Å². The van der Waals surface area contributed by atoms with Crippen molar-refractivity contribution in [2.75, 3.05) is 26.3 Å². The lowest BCUT2D eigenvalue weighted by atomic mass is 9.99. The Balaban J connectivity index is 1.86. The van der Waals surface area contributed by atoms with Gasteiger partial charge in [-0.15, -0.1) is 0 Å². The van der Waals surface area contributed by atoms with Gasteiger partial charge in [-0.3, -0.25) is 0 Å². The van der Waals surface area contributed by atoms with Crippen molar-refractivity contribution >= 4 is 6.09 Å². The van der Waals surface area contributed by atoms with Crippen LogP contribution in [0.25, 0.3) is 0 Å². The van der Waals surface area contributed by atoms with E-state index < -0.39 is 0 Å². The predicted molar refractivity (Wildman–Crippen MR) is 85.6 cm³/mol. The summed E-state index contributed by atoms with van der Waals surface area (Å²) in [6.07, 6.45) is 2.31. The van der Waals surface area contributed by atoms with Gasteiger partial charge in [-0.1, -0.05) is 30.3 Å². The average molecular weight is 306 g/mol. The maximum atomic E-state index is 11.7. The number of carbonyl (C=O) groups is 1. The number of hydrogen-bond donors (Lipinski definition) is 2. The Kier molecular flexibility index (Phi) is 6.68. The molecule has 5 heteroatoms. The number of piperidine rings is 1. The number of hydrogen-bond acceptors (Lipinski definition) is 4. The Labute approximate surface area is 132 Å². The molecule has 0 aromatic heterocycles. The highest BCUT2D eigenvalue weighted by atomic mass is 16.6. The number of likely N-dealkylation sites (tertiary alicyclic amines) is 1. The monoisotopic (exact) mass is 306 g/mol. The van der Waals surface area contributed by atoms with Gasteiger partial charge in [0, 0.05) is 31.8 Å². The molecular weight excluding hydrogens is 280 g/mol. The molecule has 0 spiro atoms. The first-order valence-electron chi connectivity index (χ1n) is 8.08. The maximum Gasteiger partial charge on any atom is 0.409 e. The van der Waals surface area contributed by atoms with Gasteiger partial charge in [-0.05, 0) is 31.7 Å². The zero-order chi connectivity index (χ0) is 15.8. The molecule has 1 saturated heterocycles. The highest BCUT2D eigenvalue weighted by Crippen LogP contribution is 2.20. The normalized spacial score (nSPS) is 17.3. The molecule has 5 nitrogen and oxygen atoms in total. The average Bonchev–Trinajstić information content (AvgIpc) is 2.56. The zero-order valence-corrected chi connectivity index (χ0v) is 13.2. The van der Waals surface area contributed by atoms with Gasteiger partial charge in [0.05, 0.1) is 6.61 Å². The minimum Gasteiger partial charge on any atom is -0.450 e. The highest BCUT2D eigenvalue weighted by molar-refractivity contribution is 5.67. The number of benzene rings is 1. The third kappa shape index (κ3) is 4.71. The smallest absolute Gasteiger partial charge is 0.409 e. The Bertz CT molecular complexity index is 444. The lowest BCUT2D eigenvalue weighted by Crippen LogP contribution is -2.46. The molecule has 1 aliphatic rings. The molecular formula is C17H26N2O3. The summed E-state index contributed by atoms with van der Waals surface area (Å²) in [6.45, 7) is 3.84. The molecule has 0 aliphatic carbocycles. The van der Waals surface area contributed by atoms with Crippen LogP contribution >= 0.6 is 0 Å². The Morgan fingerprint density at radius 3 is 2.64 bits per heavy atom. The second kappa shape index (κ2) is 8.76. The first-order valence-corrected chi connectivity index (χ1v) is 8.08. The number of aliphatic hydroxyl groups is 1. The van der Waals surface area contributed by atoms with Crippen LogP contribution in [0.15, 0.2) is 30.3 Å². The van der Waals surface area contributed by atoms with Crippen molar-refractivity contribution in [1.29, 1.82) is 0 Å². The van der Waals surface area contributed by atoms with E-state index in [1.165, 1.54) is 5.56 Å². The van der Waals surface area contributed by atoms with E-state index >= 15 is 0 Å². The lowest BCUT2D eigenvalue weighted by Gasteiger charge is -2.34. The van der Waals surface area contributed by atoms with Crippen LogP contribution in [0.1, 0.15) is 37.8 Å². The SMILES string of the molecule is CCOC(=O)N1CCC(N[C@H](CCO)c2ccccc2)CC1. The van der Waals surface area contributed by atoms with Crippen LogP contribution in [0, 0.1) is 0 Å². The number of nitrogens with one attached hydrogen (secondary N) is 1. The second-order valence-corrected chi connectivity index (χ2v) is 5.60. The Morgan fingerprint density at radius 1 is 1.36 bits per heavy atom. The molecule has 2 N–H and O–H groups in total. The Hall–Kier alpha value is -1.59. The number of aliphatic hydroxyl groups excluding tert-OH is 1. The largest absolute Gasteiger partial charge is 0.450 e. The second-order valence-electron chi connectivity index (χ2n) is 5.60. The summed E-state index contributed by atoms with van der Waals surface area (Å²) < 4.78 is 5.04. The van der Waals surface area contributed by atoms with Gasteiger partial charge < -0.3 is 20.1 Å². The van der Waals surface area contributed by atoms with Gasteiger partial charge in [0.2, 0.25) is 0 Å². The van der Waals surface area contributed by atoms with Gasteiger partial charge in [0.25, 0.3) is 0 Å². The highest BCUT2D eigenvalue weighted by Gasteiger charge is 2.25. The van der Waals surface area contributed by atoms with E-state index in [0.29, 0.717) is 19.1 Å². The van der Waals surface area contributed by atoms with E-state index in [4.69, 9.17) is 4.74 Å². The fraction of sp³-hybridized carbons (Fsp3) is 0.588. The molecule has 1 heterocycles. The molecule has 1 aliphatic heterocycles. The van der Waals surface area contributed by atoms with Crippen molar-refractivity contribution in [3.05, 3.63) is 35.9 Å². The first kappa shape index (κ1) is 16.8. The van der Waals surface area contributed by atoms with E-state index in [2.05, 4.69) is 17.4 Å². The molecule has 22 heavy (non-hydrogen) atoms.